The summed E-state index contributed by atoms with van der Waals surface area (Å²) >= 11 is 6.17. The Hall–Kier alpha value is -3.00. The first-order chi connectivity index (χ1) is 14.8. The van der Waals surface area contributed by atoms with E-state index >= 15 is 0 Å². The summed E-state index contributed by atoms with van der Waals surface area (Å²) in [6, 6.07) is 36.2. The van der Waals surface area contributed by atoms with Gasteiger partial charge in [0.1, 0.15) is 0 Å². The molecule has 0 bridgehead atoms. The van der Waals surface area contributed by atoms with E-state index in [1.54, 1.807) is 4.52 Å². The molecular formula is C25H21ClN3P. The summed E-state index contributed by atoms with van der Waals surface area (Å²) in [7, 11) is -2.41. The summed E-state index contributed by atoms with van der Waals surface area (Å²) in [4.78, 5) is 4.84. The van der Waals surface area contributed by atoms with Gasteiger partial charge in [-0.3, -0.25) is 0 Å². The van der Waals surface area contributed by atoms with Crippen molar-refractivity contribution in [3.8, 4) is 0 Å². The van der Waals surface area contributed by atoms with Crippen LogP contribution in [-0.4, -0.2) is 14.6 Å². The number of halogens is 1. The van der Waals surface area contributed by atoms with Crippen molar-refractivity contribution in [1.29, 1.82) is 0 Å². The zero-order valence-electron chi connectivity index (χ0n) is 16.3. The number of hydrogen-bond donors (Lipinski definition) is 0. The van der Waals surface area contributed by atoms with E-state index in [-0.39, 0.29) is 0 Å². The van der Waals surface area contributed by atoms with Crippen molar-refractivity contribution in [2.24, 2.45) is 0 Å². The zero-order valence-corrected chi connectivity index (χ0v) is 18.1. The molecule has 2 heterocycles. The van der Waals surface area contributed by atoms with Crippen molar-refractivity contribution in [2.45, 2.75) is 6.16 Å². The van der Waals surface area contributed by atoms with Gasteiger partial charge in [-0.05, 0) is 0 Å². The van der Waals surface area contributed by atoms with E-state index in [2.05, 4.69) is 91.0 Å². The van der Waals surface area contributed by atoms with Gasteiger partial charge in [0, 0.05) is 0 Å². The predicted molar refractivity (Wildman–Crippen MR) is 128 cm³/mol. The summed E-state index contributed by atoms with van der Waals surface area (Å²) < 4.78 is 1.78. The molecule has 5 aromatic rings. The van der Waals surface area contributed by atoms with Crippen molar-refractivity contribution in [3.63, 3.8) is 0 Å². The fourth-order valence-corrected chi connectivity index (χ4v) is 8.87. The van der Waals surface area contributed by atoms with Gasteiger partial charge in [0.25, 0.3) is 0 Å². The van der Waals surface area contributed by atoms with E-state index in [0.29, 0.717) is 5.02 Å². The van der Waals surface area contributed by atoms with Crippen molar-refractivity contribution in [3.05, 3.63) is 120 Å². The molecule has 0 unspecified atom stereocenters. The van der Waals surface area contributed by atoms with Crippen LogP contribution >= 0.6 is 18.9 Å². The van der Waals surface area contributed by atoms with Gasteiger partial charge in [0.15, 0.2) is 0 Å². The Balaban J connectivity index is 1.76. The Morgan fingerprint density at radius 2 is 1.17 bits per heavy atom. The summed E-state index contributed by atoms with van der Waals surface area (Å²) in [5.41, 5.74) is 0.812. The quantitative estimate of drug-likeness (QED) is 0.382. The Kier molecular flexibility index (Phi) is 5.08. The number of benzene rings is 3. The van der Waals surface area contributed by atoms with E-state index in [1.807, 2.05) is 18.3 Å². The van der Waals surface area contributed by atoms with Gasteiger partial charge in [-0.15, -0.1) is 0 Å². The molecule has 2 aromatic heterocycles. The van der Waals surface area contributed by atoms with E-state index in [4.69, 9.17) is 21.7 Å². The topological polar surface area (TPSA) is 30.2 Å². The second-order valence-corrected chi connectivity index (χ2v) is 11.7. The normalized spacial score (nSPS) is 12.2. The molecule has 30 heavy (non-hydrogen) atoms. The molecule has 0 amide bonds. The molecule has 5 heteroatoms. The summed E-state index contributed by atoms with van der Waals surface area (Å²) in [6.45, 7) is 0. The Bertz CT molecular complexity index is 1170. The molecule has 0 saturated carbocycles. The molecule has 0 saturated heterocycles. The van der Waals surface area contributed by atoms with E-state index in [0.717, 1.165) is 17.6 Å². The maximum atomic E-state index is 6.17. The van der Waals surface area contributed by atoms with Crippen LogP contribution in [-0.2, 0) is 6.16 Å². The fourth-order valence-electron chi connectivity index (χ4n) is 4.19. The SMILES string of the molecule is Clc1ccc2nc(C[PH](c3ccccc3)(c3ccccc3)c3ccccc3)nn2c1. The molecule has 0 atom stereocenters. The Labute approximate surface area is 181 Å². The predicted octanol–water partition coefficient (Wildman–Crippen LogP) is 4.61. The van der Waals surface area contributed by atoms with Gasteiger partial charge in [-0.25, -0.2) is 0 Å². The van der Waals surface area contributed by atoms with Gasteiger partial charge in [0.05, 0.1) is 0 Å². The van der Waals surface area contributed by atoms with Crippen LogP contribution in [0.2, 0.25) is 5.02 Å². The first kappa shape index (κ1) is 19.0. The van der Waals surface area contributed by atoms with Crippen molar-refractivity contribution in [2.75, 3.05) is 0 Å². The van der Waals surface area contributed by atoms with Gasteiger partial charge in [-0.2, -0.15) is 0 Å². The molecule has 0 radical (unpaired) electrons. The summed E-state index contributed by atoms with van der Waals surface area (Å²) in [5, 5.41) is 9.48. The third-order valence-electron chi connectivity index (χ3n) is 5.56. The molecular weight excluding hydrogens is 409 g/mol. The van der Waals surface area contributed by atoms with Gasteiger partial charge >= 0.3 is 181 Å². The minimum atomic E-state index is -2.41. The molecule has 148 valence electrons. The van der Waals surface area contributed by atoms with Crippen LogP contribution in [0.5, 0.6) is 0 Å². The number of rotatable bonds is 5. The van der Waals surface area contributed by atoms with Gasteiger partial charge < -0.3 is 0 Å². The minimum absolute atomic E-state index is 0.650. The second-order valence-electron chi connectivity index (χ2n) is 7.36. The Morgan fingerprint density at radius 3 is 1.67 bits per heavy atom. The van der Waals surface area contributed by atoms with Crippen LogP contribution in [0.4, 0.5) is 0 Å². The average molecular weight is 430 g/mol. The van der Waals surface area contributed by atoms with Crippen molar-refractivity contribution < 1.29 is 0 Å². The van der Waals surface area contributed by atoms with Crippen LogP contribution in [0, 0.1) is 0 Å². The van der Waals surface area contributed by atoms with Crippen LogP contribution in [0.1, 0.15) is 5.82 Å². The molecule has 0 aliphatic rings. The van der Waals surface area contributed by atoms with Crippen LogP contribution in [0.15, 0.2) is 109 Å². The third kappa shape index (κ3) is 3.41. The van der Waals surface area contributed by atoms with Crippen LogP contribution < -0.4 is 15.9 Å². The molecule has 0 fully saturated rings. The van der Waals surface area contributed by atoms with E-state index in [1.165, 1.54) is 15.9 Å². The number of hydrogen-bond acceptors (Lipinski definition) is 2. The Morgan fingerprint density at radius 1 is 0.667 bits per heavy atom. The second kappa shape index (κ2) is 8.02. The van der Waals surface area contributed by atoms with Gasteiger partial charge in [0.2, 0.25) is 0 Å². The van der Waals surface area contributed by atoms with Crippen molar-refractivity contribution in [1.82, 2.24) is 14.6 Å². The molecule has 5 rings (SSSR count). The van der Waals surface area contributed by atoms with E-state index in [9.17, 15) is 0 Å². The monoisotopic (exact) mass is 429 g/mol. The number of nitrogens with zero attached hydrogens (tertiary/aromatic N) is 3. The molecule has 0 aliphatic carbocycles. The summed E-state index contributed by atoms with van der Waals surface area (Å²) in [5.74, 6) is 0.834. The van der Waals surface area contributed by atoms with Gasteiger partial charge in [-0.1, -0.05) is 0 Å². The first-order valence-electron chi connectivity index (χ1n) is 9.93. The number of fused-ring (bicyclic) bond motifs is 1. The number of aromatic nitrogens is 3. The third-order valence-corrected chi connectivity index (χ3v) is 10.6. The van der Waals surface area contributed by atoms with Crippen LogP contribution in [0.3, 0.4) is 0 Å². The zero-order chi connectivity index (χ0) is 20.4. The number of pyridine rings is 1. The maximum absolute atomic E-state index is 6.17. The molecule has 3 aromatic carbocycles. The molecule has 0 aliphatic heterocycles. The van der Waals surface area contributed by atoms with Crippen LogP contribution in [0.25, 0.3) is 5.65 Å². The molecule has 3 nitrogen and oxygen atoms in total. The standard InChI is InChI=1S/C25H21ClN3P/c26-20-16-17-25-27-24(28-29(25)18-20)19-30(21-10-4-1-5-11-21,22-12-6-2-7-13-22)23-14-8-3-9-15-23/h1-18,30H,19H2. The molecule has 0 spiro atoms. The average Bonchev–Trinajstić information content (AvgIpc) is 3.20. The van der Waals surface area contributed by atoms with E-state index < -0.39 is 7.26 Å². The fraction of sp³-hybridized carbons (Fsp3) is 0.0400. The summed E-state index contributed by atoms with van der Waals surface area (Å²) in [6.07, 6.45) is 2.58. The van der Waals surface area contributed by atoms with Crippen molar-refractivity contribution >= 4 is 40.4 Å². The molecule has 0 N–H and O–H groups in total. The first-order valence-corrected chi connectivity index (χ1v) is 12.5.